The number of allylic oxidation sites excluding steroid dienone is 1. The van der Waals surface area contributed by atoms with Gasteiger partial charge in [-0.25, -0.2) is 0 Å². The summed E-state index contributed by atoms with van der Waals surface area (Å²) in [5.41, 5.74) is 4.73. The third-order valence-corrected chi connectivity index (χ3v) is 6.32. The van der Waals surface area contributed by atoms with Gasteiger partial charge in [0, 0.05) is 31.1 Å². The first-order valence-electron chi connectivity index (χ1n) is 11.3. The lowest BCUT2D eigenvalue weighted by Crippen LogP contribution is -2.41. The van der Waals surface area contributed by atoms with Gasteiger partial charge in [0.25, 0.3) is 0 Å². The van der Waals surface area contributed by atoms with Gasteiger partial charge in [0.1, 0.15) is 0 Å². The molecule has 2 aliphatic rings. The van der Waals surface area contributed by atoms with E-state index in [0.29, 0.717) is 0 Å². The minimum Gasteiger partial charge on any atom is -0.356 e. The summed E-state index contributed by atoms with van der Waals surface area (Å²) in [6, 6.07) is 12.4. The molecule has 1 aromatic heterocycles. The smallest absolute Gasteiger partial charge is 0.223 e. The zero-order valence-corrected chi connectivity index (χ0v) is 17.9. The molecule has 0 radical (unpaired) electrons. The van der Waals surface area contributed by atoms with Crippen LogP contribution in [0.3, 0.4) is 0 Å². The second kappa shape index (κ2) is 9.88. The summed E-state index contributed by atoms with van der Waals surface area (Å²) < 4.78 is 0. The fourth-order valence-electron chi connectivity index (χ4n) is 4.37. The predicted octanol–water partition coefficient (Wildman–Crippen LogP) is 4.68. The standard InChI is InChI=1S/C25H32N4O/c1-19-7-9-21(10-8-19)23-11-12-24(28-27-23)29-17-14-22(15-18-29)25(30)26-16-13-20-5-3-2-4-6-20/h5,7-12,22H,2-4,6,13-18H2,1H3,(H,26,30). The minimum atomic E-state index is 0.112. The molecule has 5 nitrogen and oxygen atoms in total. The van der Waals surface area contributed by atoms with E-state index in [4.69, 9.17) is 0 Å². The van der Waals surface area contributed by atoms with Crippen molar-refractivity contribution >= 4 is 11.7 Å². The van der Waals surface area contributed by atoms with Crippen LogP contribution in [0.2, 0.25) is 0 Å². The Bertz CT molecular complexity index is 865. The molecule has 1 aromatic carbocycles. The van der Waals surface area contributed by atoms with Crippen LogP contribution in [0.25, 0.3) is 11.3 Å². The van der Waals surface area contributed by atoms with Gasteiger partial charge in [-0.1, -0.05) is 41.5 Å². The molecular formula is C25H32N4O. The molecule has 1 saturated heterocycles. The fraction of sp³-hybridized carbons (Fsp3) is 0.480. The molecule has 1 N–H and O–H groups in total. The Balaban J connectivity index is 1.24. The van der Waals surface area contributed by atoms with Crippen molar-refractivity contribution in [2.75, 3.05) is 24.5 Å². The highest BCUT2D eigenvalue weighted by Gasteiger charge is 2.25. The summed E-state index contributed by atoms with van der Waals surface area (Å²) in [5.74, 6) is 1.22. The highest BCUT2D eigenvalue weighted by atomic mass is 16.1. The van der Waals surface area contributed by atoms with Crippen LogP contribution in [0.4, 0.5) is 5.82 Å². The van der Waals surface area contributed by atoms with E-state index in [1.807, 2.05) is 12.1 Å². The Morgan fingerprint density at radius 3 is 2.53 bits per heavy atom. The molecule has 1 fully saturated rings. The fourth-order valence-corrected chi connectivity index (χ4v) is 4.37. The quantitative estimate of drug-likeness (QED) is 0.711. The van der Waals surface area contributed by atoms with Crippen LogP contribution in [-0.2, 0) is 4.79 Å². The Morgan fingerprint density at radius 1 is 1.07 bits per heavy atom. The van der Waals surface area contributed by atoms with Gasteiger partial charge in [-0.2, -0.15) is 0 Å². The van der Waals surface area contributed by atoms with Gasteiger partial charge in [0.05, 0.1) is 5.69 Å². The number of carbonyl (C=O) groups excluding carboxylic acids is 1. The number of aryl methyl sites for hydroxylation is 1. The summed E-state index contributed by atoms with van der Waals surface area (Å²) in [5, 5.41) is 12.0. The van der Waals surface area contributed by atoms with Gasteiger partial charge >= 0.3 is 0 Å². The van der Waals surface area contributed by atoms with E-state index in [9.17, 15) is 4.79 Å². The van der Waals surface area contributed by atoms with Crippen LogP contribution in [-0.4, -0.2) is 35.7 Å². The van der Waals surface area contributed by atoms with Crippen molar-refractivity contribution in [2.24, 2.45) is 5.92 Å². The third-order valence-electron chi connectivity index (χ3n) is 6.32. The number of piperidine rings is 1. The molecule has 0 bridgehead atoms. The second-order valence-electron chi connectivity index (χ2n) is 8.55. The number of nitrogens with one attached hydrogen (secondary N) is 1. The normalized spacial score (nSPS) is 17.5. The number of anilines is 1. The average molecular weight is 405 g/mol. The molecule has 0 atom stereocenters. The van der Waals surface area contributed by atoms with Crippen molar-refractivity contribution < 1.29 is 4.79 Å². The molecule has 1 aliphatic carbocycles. The Morgan fingerprint density at radius 2 is 1.87 bits per heavy atom. The number of carbonyl (C=O) groups is 1. The Kier molecular flexibility index (Phi) is 6.77. The number of aromatic nitrogens is 2. The highest BCUT2D eigenvalue weighted by molar-refractivity contribution is 5.79. The minimum absolute atomic E-state index is 0.112. The largest absolute Gasteiger partial charge is 0.356 e. The lowest BCUT2D eigenvalue weighted by molar-refractivity contribution is -0.125. The zero-order valence-electron chi connectivity index (χ0n) is 17.9. The molecule has 1 amide bonds. The number of rotatable bonds is 6. The molecule has 2 aromatic rings. The molecule has 158 valence electrons. The van der Waals surface area contributed by atoms with Gasteiger partial charge < -0.3 is 10.2 Å². The van der Waals surface area contributed by atoms with Crippen LogP contribution in [0, 0.1) is 12.8 Å². The first-order valence-corrected chi connectivity index (χ1v) is 11.3. The maximum atomic E-state index is 12.5. The lowest BCUT2D eigenvalue weighted by Gasteiger charge is -2.31. The van der Waals surface area contributed by atoms with Crippen molar-refractivity contribution in [2.45, 2.75) is 51.9 Å². The summed E-state index contributed by atoms with van der Waals surface area (Å²) in [7, 11) is 0. The molecule has 2 heterocycles. The molecule has 4 rings (SSSR count). The van der Waals surface area contributed by atoms with Crippen LogP contribution >= 0.6 is 0 Å². The van der Waals surface area contributed by atoms with Gasteiger partial charge in [-0.05, 0) is 64.0 Å². The molecule has 0 saturated carbocycles. The number of hydrogen-bond acceptors (Lipinski definition) is 4. The maximum absolute atomic E-state index is 12.5. The van der Waals surface area contributed by atoms with E-state index in [2.05, 4.69) is 57.7 Å². The summed E-state index contributed by atoms with van der Waals surface area (Å²) in [6.45, 7) is 4.55. The van der Waals surface area contributed by atoms with E-state index >= 15 is 0 Å². The van der Waals surface area contributed by atoms with Gasteiger partial charge in [0.2, 0.25) is 5.91 Å². The van der Waals surface area contributed by atoms with Crippen molar-refractivity contribution in [1.82, 2.24) is 15.5 Å². The van der Waals surface area contributed by atoms with E-state index in [1.54, 1.807) is 0 Å². The number of hydrogen-bond donors (Lipinski definition) is 1. The molecular weight excluding hydrogens is 372 g/mol. The van der Waals surface area contributed by atoms with Gasteiger partial charge in [-0.15, -0.1) is 10.2 Å². The summed E-state index contributed by atoms with van der Waals surface area (Å²) >= 11 is 0. The predicted molar refractivity (Wildman–Crippen MR) is 121 cm³/mol. The van der Waals surface area contributed by atoms with Crippen molar-refractivity contribution in [3.8, 4) is 11.3 Å². The number of nitrogens with zero attached hydrogens (tertiary/aromatic N) is 3. The zero-order chi connectivity index (χ0) is 20.8. The van der Waals surface area contributed by atoms with Crippen LogP contribution < -0.4 is 10.2 Å². The number of benzene rings is 1. The molecule has 1 aliphatic heterocycles. The molecule has 0 unspecified atom stereocenters. The molecule has 30 heavy (non-hydrogen) atoms. The van der Waals surface area contributed by atoms with E-state index in [-0.39, 0.29) is 11.8 Å². The van der Waals surface area contributed by atoms with Crippen molar-refractivity contribution in [3.05, 3.63) is 53.6 Å². The van der Waals surface area contributed by atoms with Crippen molar-refractivity contribution in [1.29, 1.82) is 0 Å². The van der Waals surface area contributed by atoms with E-state index in [0.717, 1.165) is 56.0 Å². The van der Waals surface area contributed by atoms with Gasteiger partial charge in [-0.3, -0.25) is 4.79 Å². The van der Waals surface area contributed by atoms with E-state index in [1.165, 1.54) is 36.8 Å². The third kappa shape index (κ3) is 5.26. The topological polar surface area (TPSA) is 58.1 Å². The maximum Gasteiger partial charge on any atom is 0.223 e. The lowest BCUT2D eigenvalue weighted by atomic mass is 9.95. The highest BCUT2D eigenvalue weighted by Crippen LogP contribution is 2.24. The SMILES string of the molecule is Cc1ccc(-c2ccc(N3CCC(C(=O)NCCC4=CCCCC4)CC3)nn2)cc1. The first kappa shape index (κ1) is 20.6. The summed E-state index contributed by atoms with van der Waals surface area (Å²) in [4.78, 5) is 14.8. The average Bonchev–Trinajstić information content (AvgIpc) is 2.80. The monoisotopic (exact) mass is 404 g/mol. The second-order valence-corrected chi connectivity index (χ2v) is 8.55. The van der Waals surface area contributed by atoms with Crippen LogP contribution in [0.5, 0.6) is 0 Å². The molecule has 0 spiro atoms. The van der Waals surface area contributed by atoms with Gasteiger partial charge in [0.15, 0.2) is 5.82 Å². The van der Waals surface area contributed by atoms with Crippen LogP contribution in [0.1, 0.15) is 50.5 Å². The number of amides is 1. The Hall–Kier alpha value is -2.69. The van der Waals surface area contributed by atoms with E-state index < -0.39 is 0 Å². The molecule has 5 heteroatoms. The first-order chi connectivity index (χ1) is 14.7. The van der Waals surface area contributed by atoms with Crippen LogP contribution in [0.15, 0.2) is 48.0 Å². The Labute approximate surface area is 179 Å². The van der Waals surface area contributed by atoms with Crippen molar-refractivity contribution in [3.63, 3.8) is 0 Å². The summed E-state index contributed by atoms with van der Waals surface area (Å²) in [6.07, 6.45) is 10.1.